The molecule has 0 heterocycles. The molecule has 0 aliphatic carbocycles. The topological polar surface area (TPSA) is 76.4 Å². The number of carbonyl (C=O) groups is 1. The zero-order valence-corrected chi connectivity index (χ0v) is 13.1. The molecule has 0 aliphatic heterocycles. The Labute approximate surface area is 117 Å². The second kappa shape index (κ2) is 9.15. The van der Waals surface area contributed by atoms with Crippen molar-refractivity contribution in [3.8, 4) is 0 Å². The molecule has 0 radical (unpaired) electrons. The van der Waals surface area contributed by atoms with E-state index in [1.165, 1.54) is 0 Å². The Morgan fingerprint density at radius 1 is 1.26 bits per heavy atom. The van der Waals surface area contributed by atoms with Gasteiger partial charge in [0.2, 0.25) is 0 Å². The number of rotatable bonds is 8. The maximum atomic E-state index is 11.6. The van der Waals surface area contributed by atoms with Gasteiger partial charge in [-0.05, 0) is 58.7 Å². The van der Waals surface area contributed by atoms with Crippen LogP contribution >= 0.6 is 0 Å². The van der Waals surface area contributed by atoms with Crippen LogP contribution in [0, 0.1) is 11.8 Å². The van der Waals surface area contributed by atoms with Gasteiger partial charge in [-0.3, -0.25) is 0 Å². The molecule has 0 aliphatic rings. The van der Waals surface area contributed by atoms with E-state index in [-0.39, 0.29) is 6.09 Å². The number of alkyl carbamates (subject to hydrolysis) is 1. The van der Waals surface area contributed by atoms with E-state index in [4.69, 9.17) is 10.5 Å². The van der Waals surface area contributed by atoms with E-state index in [0.717, 1.165) is 19.5 Å². The summed E-state index contributed by atoms with van der Waals surface area (Å²) in [6, 6.07) is 0. The molecule has 0 aromatic carbocycles. The van der Waals surface area contributed by atoms with Crippen LogP contribution in [0.15, 0.2) is 0 Å². The maximum absolute atomic E-state index is 11.6. The summed E-state index contributed by atoms with van der Waals surface area (Å²) < 4.78 is 5.22. The van der Waals surface area contributed by atoms with Crippen molar-refractivity contribution < 1.29 is 9.53 Å². The molecule has 0 rings (SSSR count). The predicted molar refractivity (Wildman–Crippen MR) is 79.1 cm³/mol. The Hall–Kier alpha value is -0.810. The highest BCUT2D eigenvalue weighted by molar-refractivity contribution is 5.67. The van der Waals surface area contributed by atoms with Gasteiger partial charge in [0.05, 0.1) is 0 Å². The van der Waals surface area contributed by atoms with E-state index in [9.17, 15) is 4.79 Å². The molecule has 0 spiro atoms. The van der Waals surface area contributed by atoms with E-state index in [0.29, 0.717) is 24.9 Å². The van der Waals surface area contributed by atoms with Crippen LogP contribution in [0.4, 0.5) is 4.79 Å². The Morgan fingerprint density at radius 2 is 1.89 bits per heavy atom. The molecule has 0 fully saturated rings. The molecule has 0 bridgehead atoms. The second-order valence-corrected chi connectivity index (χ2v) is 6.23. The highest BCUT2D eigenvalue weighted by Gasteiger charge is 2.18. The van der Waals surface area contributed by atoms with Gasteiger partial charge in [0.15, 0.2) is 0 Å². The van der Waals surface area contributed by atoms with Gasteiger partial charge >= 0.3 is 6.09 Å². The largest absolute Gasteiger partial charge is 0.444 e. The molecule has 114 valence electrons. The van der Waals surface area contributed by atoms with Crippen molar-refractivity contribution in [1.82, 2.24) is 10.6 Å². The van der Waals surface area contributed by atoms with Crippen LogP contribution in [0.25, 0.3) is 0 Å². The predicted octanol–water partition coefficient (Wildman–Crippen LogP) is 1.72. The van der Waals surface area contributed by atoms with E-state index in [2.05, 4.69) is 24.5 Å². The van der Waals surface area contributed by atoms with E-state index < -0.39 is 5.60 Å². The lowest BCUT2D eigenvalue weighted by molar-refractivity contribution is 0.0515. The summed E-state index contributed by atoms with van der Waals surface area (Å²) in [5.41, 5.74) is 5.00. The van der Waals surface area contributed by atoms with Crippen LogP contribution in [0.3, 0.4) is 0 Å². The first kappa shape index (κ1) is 18.2. The van der Waals surface area contributed by atoms with Gasteiger partial charge < -0.3 is 21.1 Å². The van der Waals surface area contributed by atoms with Crippen LogP contribution in [-0.4, -0.2) is 37.9 Å². The molecule has 5 nitrogen and oxygen atoms in total. The Morgan fingerprint density at radius 3 is 2.37 bits per heavy atom. The zero-order chi connectivity index (χ0) is 14.9. The second-order valence-electron chi connectivity index (χ2n) is 6.23. The summed E-state index contributed by atoms with van der Waals surface area (Å²) in [7, 11) is 0. The smallest absolute Gasteiger partial charge is 0.407 e. The monoisotopic (exact) mass is 273 g/mol. The van der Waals surface area contributed by atoms with Crippen molar-refractivity contribution in [3.05, 3.63) is 0 Å². The summed E-state index contributed by atoms with van der Waals surface area (Å²) in [6.45, 7) is 13.0. The van der Waals surface area contributed by atoms with Crippen molar-refractivity contribution >= 4 is 6.09 Å². The summed E-state index contributed by atoms with van der Waals surface area (Å²) in [5, 5.41) is 6.20. The first-order valence-electron chi connectivity index (χ1n) is 7.14. The molecule has 1 atom stereocenters. The van der Waals surface area contributed by atoms with Gasteiger partial charge in [0.25, 0.3) is 0 Å². The highest BCUT2D eigenvalue weighted by atomic mass is 16.6. The molecule has 0 saturated heterocycles. The minimum Gasteiger partial charge on any atom is -0.444 e. The molecule has 19 heavy (non-hydrogen) atoms. The Balaban J connectivity index is 3.97. The summed E-state index contributed by atoms with van der Waals surface area (Å²) in [4.78, 5) is 11.6. The fourth-order valence-electron chi connectivity index (χ4n) is 1.59. The lowest BCUT2D eigenvalue weighted by Gasteiger charge is -2.24. The van der Waals surface area contributed by atoms with Gasteiger partial charge in [-0.15, -0.1) is 0 Å². The van der Waals surface area contributed by atoms with Crippen LogP contribution in [0.2, 0.25) is 0 Å². The van der Waals surface area contributed by atoms with E-state index >= 15 is 0 Å². The minimum atomic E-state index is -0.448. The lowest BCUT2D eigenvalue weighted by atomic mass is 9.96. The average molecular weight is 273 g/mol. The third-order valence-corrected chi connectivity index (χ3v) is 2.81. The Bertz CT molecular complexity index is 250. The number of carbonyl (C=O) groups excluding carboxylic acids is 1. The van der Waals surface area contributed by atoms with E-state index in [1.807, 2.05) is 20.8 Å². The van der Waals surface area contributed by atoms with Crippen LogP contribution < -0.4 is 16.4 Å². The number of amides is 1. The average Bonchev–Trinajstić information content (AvgIpc) is 2.25. The van der Waals surface area contributed by atoms with Gasteiger partial charge in [0.1, 0.15) is 5.60 Å². The normalized spacial score (nSPS) is 13.4. The summed E-state index contributed by atoms with van der Waals surface area (Å²) in [5.74, 6) is 0.894. The first-order valence-corrected chi connectivity index (χ1v) is 7.14. The number of ether oxygens (including phenoxy) is 1. The van der Waals surface area contributed by atoms with Gasteiger partial charge in [-0.1, -0.05) is 13.8 Å². The van der Waals surface area contributed by atoms with Gasteiger partial charge in [-0.25, -0.2) is 4.79 Å². The molecule has 0 aromatic rings. The quantitative estimate of drug-likeness (QED) is 0.589. The molecule has 1 unspecified atom stereocenters. The van der Waals surface area contributed by atoms with Crippen molar-refractivity contribution in [3.63, 3.8) is 0 Å². The maximum Gasteiger partial charge on any atom is 0.407 e. The third-order valence-electron chi connectivity index (χ3n) is 2.81. The van der Waals surface area contributed by atoms with Gasteiger partial charge in [0, 0.05) is 6.54 Å². The zero-order valence-electron chi connectivity index (χ0n) is 13.1. The van der Waals surface area contributed by atoms with Crippen molar-refractivity contribution in [2.45, 2.75) is 46.6 Å². The Kier molecular flexibility index (Phi) is 8.76. The van der Waals surface area contributed by atoms with Gasteiger partial charge in [-0.2, -0.15) is 0 Å². The van der Waals surface area contributed by atoms with Crippen molar-refractivity contribution in [2.75, 3.05) is 26.2 Å². The number of hydrogen-bond acceptors (Lipinski definition) is 4. The number of nitrogens with two attached hydrogens (primary N) is 1. The molecule has 5 heteroatoms. The standard InChI is InChI=1S/C14H31N3O2/c1-11(2)12(9-16-8-6-7-15)10-17-13(18)19-14(3,4)5/h11-12,16H,6-10,15H2,1-5H3,(H,17,18). The molecular weight excluding hydrogens is 242 g/mol. The first-order chi connectivity index (χ1) is 8.76. The number of nitrogens with one attached hydrogen (secondary N) is 2. The molecule has 0 aromatic heterocycles. The SMILES string of the molecule is CC(C)C(CNCCCN)CNC(=O)OC(C)(C)C. The van der Waals surface area contributed by atoms with E-state index in [1.54, 1.807) is 0 Å². The van der Waals surface area contributed by atoms with Crippen molar-refractivity contribution in [2.24, 2.45) is 17.6 Å². The molecule has 0 saturated carbocycles. The molecule has 1 amide bonds. The van der Waals surface area contributed by atoms with Crippen LogP contribution in [0.1, 0.15) is 41.0 Å². The lowest BCUT2D eigenvalue weighted by Crippen LogP contribution is -2.39. The van der Waals surface area contributed by atoms with Crippen LogP contribution in [0.5, 0.6) is 0 Å². The summed E-state index contributed by atoms with van der Waals surface area (Å²) >= 11 is 0. The minimum absolute atomic E-state index is 0.347. The summed E-state index contributed by atoms with van der Waals surface area (Å²) in [6.07, 6.45) is 0.629. The number of hydrogen-bond donors (Lipinski definition) is 3. The van der Waals surface area contributed by atoms with Crippen molar-refractivity contribution in [1.29, 1.82) is 0 Å². The fourth-order valence-corrected chi connectivity index (χ4v) is 1.59. The molecular formula is C14H31N3O2. The highest BCUT2D eigenvalue weighted by Crippen LogP contribution is 2.10. The fraction of sp³-hybridized carbons (Fsp3) is 0.929. The molecule has 4 N–H and O–H groups in total. The third kappa shape index (κ3) is 10.8. The van der Waals surface area contributed by atoms with Crippen LogP contribution in [-0.2, 0) is 4.74 Å².